The van der Waals surface area contributed by atoms with Gasteiger partial charge in [0.2, 0.25) is 0 Å². The first kappa shape index (κ1) is 18.5. The highest BCUT2D eigenvalue weighted by molar-refractivity contribution is 6.15. The molecule has 1 aromatic heterocycles. The summed E-state index contributed by atoms with van der Waals surface area (Å²) in [5.74, 6) is 1.62. The third kappa shape index (κ3) is 3.07. The first-order valence-electron chi connectivity index (χ1n) is 10.3. The lowest BCUT2D eigenvalue weighted by Crippen LogP contribution is -2.39. The number of carbonyl (C=O) groups is 1. The minimum atomic E-state index is -0.985. The molecule has 0 saturated heterocycles. The van der Waals surface area contributed by atoms with E-state index in [2.05, 4.69) is 10.2 Å². The normalized spacial score (nSPS) is 17.9. The van der Waals surface area contributed by atoms with Crippen molar-refractivity contribution in [1.82, 2.24) is 19.7 Å². The molecule has 1 atom stereocenters. The molecule has 1 unspecified atom stereocenters. The van der Waals surface area contributed by atoms with Crippen molar-refractivity contribution >= 4 is 11.8 Å². The molecule has 2 aliphatic rings. The van der Waals surface area contributed by atoms with Crippen LogP contribution in [0.1, 0.15) is 48.2 Å². The predicted octanol–water partition coefficient (Wildman–Crippen LogP) is 4.21. The number of benzene rings is 2. The average Bonchev–Trinajstić information content (AvgIpc) is 3.03. The van der Waals surface area contributed by atoms with E-state index in [0.717, 1.165) is 41.8 Å². The molecule has 7 heteroatoms. The van der Waals surface area contributed by atoms with Crippen LogP contribution in [0.5, 0.6) is 0 Å². The molecule has 7 nitrogen and oxygen atoms in total. The molecule has 0 bridgehead atoms. The smallest absolute Gasteiger partial charge is 0.409 e. The lowest BCUT2D eigenvalue weighted by Gasteiger charge is -2.33. The minimum absolute atomic E-state index is 0.375. The highest BCUT2D eigenvalue weighted by Crippen LogP contribution is 2.35. The second kappa shape index (κ2) is 7.40. The van der Waals surface area contributed by atoms with Crippen LogP contribution in [0.4, 0.5) is 4.79 Å². The molecule has 2 heterocycles. The molecule has 152 valence electrons. The summed E-state index contributed by atoms with van der Waals surface area (Å²) in [7, 11) is 0. The molecule has 30 heavy (non-hydrogen) atoms. The van der Waals surface area contributed by atoms with Crippen molar-refractivity contribution in [3.05, 3.63) is 77.4 Å². The van der Waals surface area contributed by atoms with Gasteiger partial charge in [-0.2, -0.15) is 0 Å². The molecule has 1 saturated carbocycles. The van der Waals surface area contributed by atoms with E-state index in [0.29, 0.717) is 24.1 Å². The van der Waals surface area contributed by atoms with Gasteiger partial charge < -0.3 is 5.11 Å². The van der Waals surface area contributed by atoms with Crippen LogP contribution in [-0.4, -0.2) is 43.1 Å². The van der Waals surface area contributed by atoms with E-state index in [1.165, 1.54) is 4.90 Å². The first-order valence-corrected chi connectivity index (χ1v) is 10.3. The van der Waals surface area contributed by atoms with Crippen LogP contribution in [0, 0.1) is 12.8 Å². The molecule has 1 N–H and O–H groups in total. The van der Waals surface area contributed by atoms with Gasteiger partial charge in [-0.25, -0.2) is 4.79 Å². The van der Waals surface area contributed by atoms with Crippen LogP contribution in [-0.2, 0) is 0 Å². The monoisotopic (exact) mass is 401 g/mol. The van der Waals surface area contributed by atoms with E-state index < -0.39 is 12.3 Å². The van der Waals surface area contributed by atoms with Crippen molar-refractivity contribution in [3.8, 4) is 5.69 Å². The largest absolute Gasteiger partial charge is 0.465 e. The van der Waals surface area contributed by atoms with Gasteiger partial charge >= 0.3 is 6.09 Å². The van der Waals surface area contributed by atoms with Crippen LogP contribution in [0.25, 0.3) is 5.69 Å². The van der Waals surface area contributed by atoms with Gasteiger partial charge in [-0.1, -0.05) is 55.0 Å². The number of nitrogens with zero attached hydrogens (tertiary/aromatic N) is 5. The Bertz CT molecular complexity index is 1120. The number of rotatable bonds is 4. The van der Waals surface area contributed by atoms with Gasteiger partial charge in [-0.15, -0.1) is 10.2 Å². The third-order valence-electron chi connectivity index (χ3n) is 6.00. The molecule has 2 aromatic carbocycles. The zero-order chi connectivity index (χ0) is 20.7. The zero-order valence-corrected chi connectivity index (χ0v) is 16.8. The number of carboxylic acid groups (broad SMARTS) is 1. The highest BCUT2D eigenvalue weighted by atomic mass is 16.4. The second-order valence-corrected chi connectivity index (χ2v) is 7.91. The molecule has 0 spiro atoms. The number of hydrogen-bond acceptors (Lipinski definition) is 4. The van der Waals surface area contributed by atoms with Crippen LogP contribution < -0.4 is 0 Å². The van der Waals surface area contributed by atoms with Crippen molar-refractivity contribution in [3.63, 3.8) is 0 Å². The van der Waals surface area contributed by atoms with Crippen LogP contribution in [0.2, 0.25) is 0 Å². The van der Waals surface area contributed by atoms with Crippen molar-refractivity contribution in [2.45, 2.75) is 32.4 Å². The van der Waals surface area contributed by atoms with E-state index in [4.69, 9.17) is 4.99 Å². The standard InChI is InChI=1S/C23H23N5O2/c1-15-25-26-22-21(27(23(29)30)14-16-8-7-9-16)24-20(17-10-3-2-4-11-17)18-12-5-6-13-19(18)28(15)22/h2-6,10-13,16,21H,7-9,14H2,1H3,(H,29,30). The van der Waals surface area contributed by atoms with Gasteiger partial charge in [0, 0.05) is 17.7 Å². The molecule has 5 rings (SSSR count). The van der Waals surface area contributed by atoms with Gasteiger partial charge in [-0.05, 0) is 31.7 Å². The van der Waals surface area contributed by atoms with Crippen molar-refractivity contribution in [2.75, 3.05) is 6.54 Å². The Morgan fingerprint density at radius 3 is 2.53 bits per heavy atom. The van der Waals surface area contributed by atoms with Crippen LogP contribution >= 0.6 is 0 Å². The number of aryl methyl sites for hydroxylation is 1. The summed E-state index contributed by atoms with van der Waals surface area (Å²) >= 11 is 0. The van der Waals surface area contributed by atoms with E-state index in [1.807, 2.05) is 66.1 Å². The third-order valence-corrected chi connectivity index (χ3v) is 6.00. The van der Waals surface area contributed by atoms with Crippen molar-refractivity contribution < 1.29 is 9.90 Å². The number of aliphatic imine (C=N–C) groups is 1. The number of aromatic nitrogens is 3. The maximum atomic E-state index is 12.3. The summed E-state index contributed by atoms with van der Waals surface area (Å²) in [5, 5.41) is 18.7. The minimum Gasteiger partial charge on any atom is -0.465 e. The molecule has 1 amide bonds. The Balaban J connectivity index is 1.73. The molecule has 1 aliphatic carbocycles. The Kier molecular flexibility index (Phi) is 4.58. The zero-order valence-electron chi connectivity index (χ0n) is 16.8. The molecular formula is C23H23N5O2. The van der Waals surface area contributed by atoms with Crippen LogP contribution in [0.15, 0.2) is 59.6 Å². The predicted molar refractivity (Wildman–Crippen MR) is 113 cm³/mol. The summed E-state index contributed by atoms with van der Waals surface area (Å²) < 4.78 is 1.94. The summed E-state index contributed by atoms with van der Waals surface area (Å²) in [4.78, 5) is 18.8. The van der Waals surface area contributed by atoms with Gasteiger partial charge in [0.15, 0.2) is 12.0 Å². The summed E-state index contributed by atoms with van der Waals surface area (Å²) in [6, 6.07) is 17.9. The summed E-state index contributed by atoms with van der Waals surface area (Å²) in [6.45, 7) is 2.34. The average molecular weight is 401 g/mol. The fourth-order valence-electron chi connectivity index (χ4n) is 4.23. The van der Waals surface area contributed by atoms with E-state index in [-0.39, 0.29) is 0 Å². The maximum absolute atomic E-state index is 12.3. The van der Waals surface area contributed by atoms with Crippen LogP contribution in [0.3, 0.4) is 0 Å². The number of amides is 1. The van der Waals surface area contributed by atoms with E-state index in [9.17, 15) is 9.90 Å². The Labute approximate surface area is 174 Å². The highest BCUT2D eigenvalue weighted by Gasteiger charge is 2.36. The fraction of sp³-hybridized carbons (Fsp3) is 0.304. The molecular weight excluding hydrogens is 378 g/mol. The topological polar surface area (TPSA) is 83.6 Å². The molecule has 1 aliphatic heterocycles. The first-order chi connectivity index (χ1) is 14.6. The summed E-state index contributed by atoms with van der Waals surface area (Å²) in [6.07, 6.45) is 1.52. The fourth-order valence-corrected chi connectivity index (χ4v) is 4.23. The van der Waals surface area contributed by atoms with E-state index in [1.54, 1.807) is 0 Å². The summed E-state index contributed by atoms with van der Waals surface area (Å²) in [5.41, 5.74) is 3.56. The van der Waals surface area contributed by atoms with Crippen molar-refractivity contribution in [1.29, 1.82) is 0 Å². The van der Waals surface area contributed by atoms with Gasteiger partial charge in [0.1, 0.15) is 5.82 Å². The molecule has 1 fully saturated rings. The van der Waals surface area contributed by atoms with E-state index >= 15 is 0 Å². The molecule has 0 radical (unpaired) electrons. The second-order valence-electron chi connectivity index (χ2n) is 7.91. The van der Waals surface area contributed by atoms with Crippen molar-refractivity contribution in [2.24, 2.45) is 10.9 Å². The van der Waals surface area contributed by atoms with Gasteiger partial charge in [0.05, 0.1) is 11.4 Å². The Morgan fingerprint density at radius 2 is 1.83 bits per heavy atom. The maximum Gasteiger partial charge on any atom is 0.409 e. The lowest BCUT2D eigenvalue weighted by atomic mass is 9.85. The number of fused-ring (bicyclic) bond motifs is 3. The Hall–Kier alpha value is -3.48. The molecule has 3 aromatic rings. The SMILES string of the molecule is Cc1nnc2n1-c1ccccc1C(c1ccccc1)=NC2N(CC1CCC1)C(=O)O. The Morgan fingerprint density at radius 1 is 1.10 bits per heavy atom. The lowest BCUT2D eigenvalue weighted by molar-refractivity contribution is 0.0998. The number of hydrogen-bond donors (Lipinski definition) is 1. The van der Waals surface area contributed by atoms with Gasteiger partial charge in [0.25, 0.3) is 0 Å². The van der Waals surface area contributed by atoms with Gasteiger partial charge in [-0.3, -0.25) is 14.5 Å². The quantitative estimate of drug-likeness (QED) is 0.710. The number of para-hydroxylation sites is 1.